The summed E-state index contributed by atoms with van der Waals surface area (Å²) in [6, 6.07) is 21.4. The zero-order chi connectivity index (χ0) is 22.7. The van der Waals surface area contributed by atoms with Gasteiger partial charge in [0.05, 0.1) is 12.0 Å². The Bertz CT molecular complexity index is 1220. The van der Waals surface area contributed by atoms with Crippen molar-refractivity contribution in [2.45, 2.75) is 24.8 Å². The molecule has 5 rings (SSSR count). The van der Waals surface area contributed by atoms with Crippen molar-refractivity contribution in [1.82, 2.24) is 30.1 Å². The molecule has 3 heterocycles. The molecule has 0 N–H and O–H groups in total. The van der Waals surface area contributed by atoms with Crippen LogP contribution in [0.25, 0.3) is 0 Å². The molecule has 7 nitrogen and oxygen atoms in total. The Morgan fingerprint density at radius 1 is 0.939 bits per heavy atom. The summed E-state index contributed by atoms with van der Waals surface area (Å²) < 4.78 is 0. The van der Waals surface area contributed by atoms with Gasteiger partial charge in [-0.25, -0.2) is 0 Å². The van der Waals surface area contributed by atoms with Gasteiger partial charge in [-0.3, -0.25) is 9.78 Å². The van der Waals surface area contributed by atoms with E-state index in [1.54, 1.807) is 29.3 Å². The van der Waals surface area contributed by atoms with E-state index in [4.69, 9.17) is 16.7 Å². The summed E-state index contributed by atoms with van der Waals surface area (Å²) in [5.41, 5.74) is 2.46. The van der Waals surface area contributed by atoms with Gasteiger partial charge in [-0.05, 0) is 53.4 Å². The molecule has 33 heavy (non-hydrogen) atoms. The van der Waals surface area contributed by atoms with Crippen LogP contribution in [0.2, 0.25) is 5.02 Å². The summed E-state index contributed by atoms with van der Waals surface area (Å²) in [5.74, 6) is 0.720. The van der Waals surface area contributed by atoms with Crippen molar-refractivity contribution in [2.24, 2.45) is 0 Å². The first-order valence-electron chi connectivity index (χ1n) is 10.9. The molecule has 2 aromatic heterocycles. The second-order valence-corrected chi connectivity index (χ2v) is 8.68. The molecule has 1 aliphatic rings. The van der Waals surface area contributed by atoms with Crippen LogP contribution in [0.3, 0.4) is 0 Å². The number of rotatable bonds is 5. The predicted octanol–water partition coefficient (Wildman–Crippen LogP) is 3.99. The Morgan fingerprint density at radius 3 is 2.33 bits per heavy atom. The van der Waals surface area contributed by atoms with E-state index in [-0.39, 0.29) is 5.91 Å². The second kappa shape index (κ2) is 9.11. The fourth-order valence-electron chi connectivity index (χ4n) is 4.42. The van der Waals surface area contributed by atoms with Crippen molar-refractivity contribution in [1.29, 1.82) is 0 Å². The number of aromatic nitrogens is 5. The van der Waals surface area contributed by atoms with Crippen LogP contribution in [0.15, 0.2) is 79.1 Å². The van der Waals surface area contributed by atoms with Gasteiger partial charge in [-0.15, -0.1) is 10.2 Å². The van der Waals surface area contributed by atoms with E-state index >= 15 is 0 Å². The summed E-state index contributed by atoms with van der Waals surface area (Å²) in [7, 11) is 0. The number of carbonyl (C=O) groups excluding carboxylic acids is 1. The number of hydrogen-bond donors (Lipinski definition) is 0. The third-order valence-electron chi connectivity index (χ3n) is 6.28. The lowest BCUT2D eigenvalue weighted by Crippen LogP contribution is -2.46. The SMILES string of the molecule is O=C(c1ccncc1)N1CCC(c2ccccc2)(c2nnn(Cc3ccc(Cl)cc3)n2)CC1. The van der Waals surface area contributed by atoms with E-state index in [2.05, 4.69) is 27.4 Å². The van der Waals surface area contributed by atoms with Gasteiger partial charge in [0, 0.05) is 36.1 Å². The van der Waals surface area contributed by atoms with Crippen molar-refractivity contribution in [3.63, 3.8) is 0 Å². The molecule has 0 bridgehead atoms. The topological polar surface area (TPSA) is 76.8 Å². The lowest BCUT2D eigenvalue weighted by molar-refractivity contribution is 0.0681. The first kappa shape index (κ1) is 21.3. The van der Waals surface area contributed by atoms with Crippen LogP contribution in [0.5, 0.6) is 0 Å². The zero-order valence-electron chi connectivity index (χ0n) is 18.0. The number of nitrogens with zero attached hydrogens (tertiary/aromatic N) is 6. The lowest BCUT2D eigenvalue weighted by atomic mass is 9.72. The molecule has 0 saturated carbocycles. The highest BCUT2D eigenvalue weighted by atomic mass is 35.5. The van der Waals surface area contributed by atoms with Gasteiger partial charge in [0.1, 0.15) is 0 Å². The van der Waals surface area contributed by atoms with Gasteiger partial charge < -0.3 is 4.90 Å². The second-order valence-electron chi connectivity index (χ2n) is 8.25. The van der Waals surface area contributed by atoms with Gasteiger partial charge in [-0.2, -0.15) is 4.80 Å². The molecule has 2 aromatic carbocycles. The van der Waals surface area contributed by atoms with E-state index in [1.165, 1.54) is 0 Å². The number of tetrazole rings is 1. The minimum atomic E-state index is -0.394. The number of likely N-dealkylation sites (tertiary alicyclic amines) is 1. The highest BCUT2D eigenvalue weighted by Crippen LogP contribution is 2.40. The Balaban J connectivity index is 1.40. The Kier molecular flexibility index (Phi) is 5.88. The highest BCUT2D eigenvalue weighted by molar-refractivity contribution is 6.30. The first-order chi connectivity index (χ1) is 16.1. The van der Waals surface area contributed by atoms with Crippen LogP contribution in [0.1, 0.15) is 40.2 Å². The summed E-state index contributed by atoms with van der Waals surface area (Å²) in [6.07, 6.45) is 4.74. The maximum Gasteiger partial charge on any atom is 0.253 e. The summed E-state index contributed by atoms with van der Waals surface area (Å²) in [4.78, 5) is 20.5. The molecular weight excluding hydrogens is 436 g/mol. The normalized spacial score (nSPS) is 15.4. The Hall–Kier alpha value is -3.58. The Labute approximate surface area is 197 Å². The largest absolute Gasteiger partial charge is 0.339 e. The molecule has 0 unspecified atom stereocenters. The van der Waals surface area contributed by atoms with Crippen LogP contribution in [0.4, 0.5) is 0 Å². The van der Waals surface area contributed by atoms with E-state index < -0.39 is 5.41 Å². The van der Waals surface area contributed by atoms with E-state index in [9.17, 15) is 4.79 Å². The molecule has 166 valence electrons. The summed E-state index contributed by atoms with van der Waals surface area (Å²) in [5, 5.41) is 14.3. The summed E-state index contributed by atoms with van der Waals surface area (Å²) in [6.45, 7) is 1.74. The summed E-state index contributed by atoms with van der Waals surface area (Å²) >= 11 is 6.00. The molecule has 4 aromatic rings. The average molecular weight is 459 g/mol. The number of carbonyl (C=O) groups is 1. The number of pyridine rings is 1. The highest BCUT2D eigenvalue weighted by Gasteiger charge is 2.42. The van der Waals surface area contributed by atoms with Crippen LogP contribution >= 0.6 is 11.6 Å². The number of hydrogen-bond acceptors (Lipinski definition) is 5. The molecule has 0 radical (unpaired) electrons. The standard InChI is InChI=1S/C25H23ClN6O/c26-22-8-6-19(7-9-22)18-32-29-24(28-30-32)25(21-4-2-1-3-5-21)12-16-31(17-13-25)23(33)20-10-14-27-15-11-20/h1-11,14-15H,12-13,16-18H2. The quantitative estimate of drug-likeness (QED) is 0.452. The fourth-order valence-corrected chi connectivity index (χ4v) is 4.55. The molecule has 0 aliphatic carbocycles. The van der Waals surface area contributed by atoms with Crippen molar-refractivity contribution in [3.8, 4) is 0 Å². The minimum absolute atomic E-state index is 0.0263. The maximum atomic E-state index is 13.0. The number of piperidine rings is 1. The Morgan fingerprint density at radius 2 is 1.64 bits per heavy atom. The monoisotopic (exact) mass is 458 g/mol. The number of amides is 1. The third-order valence-corrected chi connectivity index (χ3v) is 6.53. The van der Waals surface area contributed by atoms with Crippen LogP contribution in [-0.4, -0.2) is 49.1 Å². The molecule has 8 heteroatoms. The molecule has 0 atom stereocenters. The van der Waals surface area contributed by atoms with E-state index in [0.29, 0.717) is 36.0 Å². The smallest absolute Gasteiger partial charge is 0.253 e. The molecule has 0 spiro atoms. The van der Waals surface area contributed by atoms with E-state index in [0.717, 1.165) is 24.0 Å². The number of benzene rings is 2. The molecule has 1 saturated heterocycles. The van der Waals surface area contributed by atoms with Crippen molar-refractivity contribution in [3.05, 3.63) is 107 Å². The van der Waals surface area contributed by atoms with Crippen LogP contribution < -0.4 is 0 Å². The lowest BCUT2D eigenvalue weighted by Gasteiger charge is -2.40. The molecule has 1 aliphatic heterocycles. The van der Waals surface area contributed by atoms with Gasteiger partial charge in [0.15, 0.2) is 5.82 Å². The van der Waals surface area contributed by atoms with Crippen LogP contribution in [0, 0.1) is 0 Å². The zero-order valence-corrected chi connectivity index (χ0v) is 18.8. The van der Waals surface area contributed by atoms with Gasteiger partial charge in [0.2, 0.25) is 0 Å². The van der Waals surface area contributed by atoms with E-state index in [1.807, 2.05) is 47.4 Å². The minimum Gasteiger partial charge on any atom is -0.339 e. The van der Waals surface area contributed by atoms with Gasteiger partial charge in [0.25, 0.3) is 5.91 Å². The van der Waals surface area contributed by atoms with Crippen molar-refractivity contribution in [2.75, 3.05) is 13.1 Å². The van der Waals surface area contributed by atoms with Gasteiger partial charge in [-0.1, -0.05) is 54.1 Å². The molecule has 1 amide bonds. The van der Waals surface area contributed by atoms with Gasteiger partial charge >= 0.3 is 0 Å². The van der Waals surface area contributed by atoms with Crippen LogP contribution in [-0.2, 0) is 12.0 Å². The first-order valence-corrected chi connectivity index (χ1v) is 11.3. The maximum absolute atomic E-state index is 13.0. The van der Waals surface area contributed by atoms with Crippen molar-refractivity contribution < 1.29 is 4.79 Å². The fraction of sp³-hybridized carbons (Fsp3) is 0.240. The third kappa shape index (κ3) is 4.36. The molecule has 1 fully saturated rings. The van der Waals surface area contributed by atoms with Crippen molar-refractivity contribution >= 4 is 17.5 Å². The predicted molar refractivity (Wildman–Crippen MR) is 125 cm³/mol. The molecular formula is C25H23ClN6O. The number of halogens is 1. The average Bonchev–Trinajstić information content (AvgIpc) is 3.35.